The maximum Gasteiger partial charge on any atom is 0.331 e. The van der Waals surface area contributed by atoms with Crippen molar-refractivity contribution in [1.29, 1.82) is 0 Å². The third kappa shape index (κ3) is 2.27. The highest BCUT2D eigenvalue weighted by Crippen LogP contribution is 2.29. The average Bonchev–Trinajstić information content (AvgIpc) is 2.39. The van der Waals surface area contributed by atoms with Gasteiger partial charge in [-0.1, -0.05) is 37.3 Å². The van der Waals surface area contributed by atoms with Crippen LogP contribution in [0.2, 0.25) is 0 Å². The summed E-state index contributed by atoms with van der Waals surface area (Å²) in [5.41, 5.74) is -1.07. The molecule has 0 aliphatic heterocycles. The minimum absolute atomic E-state index is 0.117. The molecule has 5 nitrogen and oxygen atoms in total. The fraction of sp³-hybridized carbons (Fsp3) is 0.333. The van der Waals surface area contributed by atoms with Gasteiger partial charge in [-0.15, -0.1) is 0 Å². The van der Waals surface area contributed by atoms with E-state index >= 15 is 0 Å². The van der Waals surface area contributed by atoms with Crippen molar-refractivity contribution in [3.8, 4) is 17.0 Å². The maximum atomic E-state index is 12.0. The largest absolute Gasteiger partial charge is 0.494 e. The third-order valence-corrected chi connectivity index (χ3v) is 3.62. The number of hydrogen-bond acceptors (Lipinski definition) is 3. The summed E-state index contributed by atoms with van der Waals surface area (Å²) in [6.45, 7) is 5.58. The summed E-state index contributed by atoms with van der Waals surface area (Å²) in [6.07, 6.45) is 0.640. The smallest absolute Gasteiger partial charge is 0.331 e. The van der Waals surface area contributed by atoms with E-state index < -0.39 is 16.8 Å². The van der Waals surface area contributed by atoms with Gasteiger partial charge in [0.25, 0.3) is 5.56 Å². The van der Waals surface area contributed by atoms with E-state index in [0.29, 0.717) is 12.0 Å². The van der Waals surface area contributed by atoms with E-state index in [1.807, 2.05) is 26.8 Å². The number of aromatic hydroxyl groups is 1. The van der Waals surface area contributed by atoms with Crippen LogP contribution in [0.3, 0.4) is 0 Å². The van der Waals surface area contributed by atoms with Gasteiger partial charge in [-0.3, -0.25) is 14.3 Å². The molecule has 0 radical (unpaired) electrons. The Morgan fingerprint density at radius 3 is 2.35 bits per heavy atom. The Morgan fingerprint density at radius 2 is 1.80 bits per heavy atom. The van der Waals surface area contributed by atoms with Crippen LogP contribution >= 0.6 is 0 Å². The lowest BCUT2D eigenvalue weighted by molar-refractivity contribution is 0.277. The molecule has 1 aromatic heterocycles. The van der Waals surface area contributed by atoms with Gasteiger partial charge in [0.05, 0.1) is 0 Å². The van der Waals surface area contributed by atoms with Gasteiger partial charge in [0, 0.05) is 5.54 Å². The number of aromatic nitrogens is 2. The third-order valence-electron chi connectivity index (χ3n) is 3.62. The van der Waals surface area contributed by atoms with Crippen molar-refractivity contribution < 1.29 is 5.11 Å². The van der Waals surface area contributed by atoms with Crippen LogP contribution < -0.4 is 11.2 Å². The Morgan fingerprint density at radius 1 is 1.20 bits per heavy atom. The van der Waals surface area contributed by atoms with Gasteiger partial charge in [-0.2, -0.15) is 0 Å². The molecule has 0 fully saturated rings. The Hall–Kier alpha value is -2.30. The molecule has 0 saturated heterocycles. The number of aromatic amines is 1. The molecule has 1 heterocycles. The topological polar surface area (TPSA) is 75.1 Å². The van der Waals surface area contributed by atoms with Gasteiger partial charge in [0.2, 0.25) is 5.88 Å². The summed E-state index contributed by atoms with van der Waals surface area (Å²) in [7, 11) is 0. The first-order valence-corrected chi connectivity index (χ1v) is 6.52. The van der Waals surface area contributed by atoms with Crippen LogP contribution in [-0.2, 0) is 5.54 Å². The van der Waals surface area contributed by atoms with E-state index in [9.17, 15) is 14.7 Å². The highest BCUT2D eigenvalue weighted by Gasteiger charge is 2.26. The van der Waals surface area contributed by atoms with Crippen LogP contribution in [-0.4, -0.2) is 14.7 Å². The lowest BCUT2D eigenvalue weighted by atomic mass is 10.0. The molecule has 20 heavy (non-hydrogen) atoms. The molecule has 5 heteroatoms. The molecule has 2 N–H and O–H groups in total. The molecular weight excluding hydrogens is 256 g/mol. The number of nitrogens with one attached hydrogen (secondary N) is 1. The molecule has 0 spiro atoms. The second kappa shape index (κ2) is 5.00. The van der Waals surface area contributed by atoms with Gasteiger partial charge in [0.1, 0.15) is 5.56 Å². The van der Waals surface area contributed by atoms with Crippen molar-refractivity contribution >= 4 is 0 Å². The van der Waals surface area contributed by atoms with Crippen molar-refractivity contribution in [3.63, 3.8) is 0 Å². The number of rotatable bonds is 3. The monoisotopic (exact) mass is 274 g/mol. The predicted octanol–water partition coefficient (Wildman–Crippen LogP) is 2.05. The second-order valence-electron chi connectivity index (χ2n) is 5.33. The molecule has 0 aliphatic rings. The van der Waals surface area contributed by atoms with Crippen LogP contribution in [0.25, 0.3) is 11.1 Å². The van der Waals surface area contributed by atoms with Gasteiger partial charge < -0.3 is 5.11 Å². The summed E-state index contributed by atoms with van der Waals surface area (Å²) in [6, 6.07) is 8.81. The SMILES string of the molecule is CCC(C)(C)n1c(O)c(-c2ccccc2)c(=O)[nH]c1=O. The van der Waals surface area contributed by atoms with Gasteiger partial charge in [-0.25, -0.2) is 4.79 Å². The molecule has 0 amide bonds. The lowest BCUT2D eigenvalue weighted by Gasteiger charge is -2.27. The molecular formula is C15H18N2O3. The summed E-state index contributed by atoms with van der Waals surface area (Å²) in [5.74, 6) is -0.295. The molecule has 1 aromatic carbocycles. The van der Waals surface area contributed by atoms with Crippen LogP contribution in [0.1, 0.15) is 27.2 Å². The van der Waals surface area contributed by atoms with Gasteiger partial charge in [0.15, 0.2) is 0 Å². The van der Waals surface area contributed by atoms with Crippen LogP contribution in [0.5, 0.6) is 5.88 Å². The second-order valence-corrected chi connectivity index (χ2v) is 5.33. The lowest BCUT2D eigenvalue weighted by Crippen LogP contribution is -2.40. The first-order chi connectivity index (χ1) is 9.38. The molecule has 0 unspecified atom stereocenters. The normalized spacial score (nSPS) is 11.6. The predicted molar refractivity (Wildman–Crippen MR) is 78.0 cm³/mol. The summed E-state index contributed by atoms with van der Waals surface area (Å²) in [5, 5.41) is 10.4. The van der Waals surface area contributed by atoms with Gasteiger partial charge >= 0.3 is 5.69 Å². The van der Waals surface area contributed by atoms with E-state index in [-0.39, 0.29) is 11.4 Å². The average molecular weight is 274 g/mol. The fourth-order valence-electron chi connectivity index (χ4n) is 2.11. The van der Waals surface area contributed by atoms with E-state index in [1.165, 1.54) is 4.57 Å². The molecule has 0 bridgehead atoms. The zero-order chi connectivity index (χ0) is 14.9. The van der Waals surface area contributed by atoms with Crippen LogP contribution in [0, 0.1) is 0 Å². The number of hydrogen-bond donors (Lipinski definition) is 2. The van der Waals surface area contributed by atoms with Crippen molar-refractivity contribution in [2.45, 2.75) is 32.7 Å². The van der Waals surface area contributed by atoms with E-state index in [0.717, 1.165) is 0 Å². The minimum atomic E-state index is -0.598. The zero-order valence-corrected chi connectivity index (χ0v) is 11.8. The number of benzene rings is 1. The summed E-state index contributed by atoms with van der Waals surface area (Å²) >= 11 is 0. The standard InChI is InChI=1S/C15H18N2O3/c1-4-15(2,3)17-13(19)11(12(18)16-14(17)20)10-8-6-5-7-9-10/h5-9,19H,4H2,1-3H3,(H,16,18,20). The van der Waals surface area contributed by atoms with Crippen LogP contribution in [0.4, 0.5) is 0 Å². The molecule has 0 atom stereocenters. The summed E-state index contributed by atoms with van der Waals surface area (Å²) < 4.78 is 1.23. The Labute approximate surface area is 116 Å². The van der Waals surface area contributed by atoms with E-state index in [4.69, 9.17) is 0 Å². The quantitative estimate of drug-likeness (QED) is 0.899. The molecule has 2 rings (SSSR count). The van der Waals surface area contributed by atoms with Crippen molar-refractivity contribution in [1.82, 2.24) is 9.55 Å². The number of nitrogens with zero attached hydrogens (tertiary/aromatic N) is 1. The Bertz CT molecular complexity index is 727. The van der Waals surface area contributed by atoms with Crippen LogP contribution in [0.15, 0.2) is 39.9 Å². The van der Waals surface area contributed by atoms with E-state index in [2.05, 4.69) is 4.98 Å². The highest BCUT2D eigenvalue weighted by atomic mass is 16.3. The molecule has 0 saturated carbocycles. The Kier molecular flexibility index (Phi) is 3.53. The number of H-pyrrole nitrogens is 1. The molecule has 0 aliphatic carbocycles. The maximum absolute atomic E-state index is 12.0. The van der Waals surface area contributed by atoms with E-state index in [1.54, 1.807) is 24.3 Å². The van der Waals surface area contributed by atoms with Crippen molar-refractivity contribution in [2.75, 3.05) is 0 Å². The zero-order valence-electron chi connectivity index (χ0n) is 11.8. The Balaban J connectivity index is 2.82. The molecule has 2 aromatic rings. The summed E-state index contributed by atoms with van der Waals surface area (Å²) in [4.78, 5) is 26.3. The first-order valence-electron chi connectivity index (χ1n) is 6.52. The molecule has 106 valence electrons. The van der Waals surface area contributed by atoms with Crippen molar-refractivity contribution in [2.24, 2.45) is 0 Å². The minimum Gasteiger partial charge on any atom is -0.494 e. The van der Waals surface area contributed by atoms with Gasteiger partial charge in [-0.05, 0) is 25.8 Å². The highest BCUT2D eigenvalue weighted by molar-refractivity contribution is 5.67. The first kappa shape index (κ1) is 14.1. The van der Waals surface area contributed by atoms with Crippen molar-refractivity contribution in [3.05, 3.63) is 51.2 Å². The fourth-order valence-corrected chi connectivity index (χ4v) is 2.11.